The summed E-state index contributed by atoms with van der Waals surface area (Å²) in [5.74, 6) is -0.221. The lowest BCUT2D eigenvalue weighted by Gasteiger charge is -2.31. The third-order valence-electron chi connectivity index (χ3n) is 4.67. The first-order valence-corrected chi connectivity index (χ1v) is 8.12. The molecule has 2 aromatic rings. The van der Waals surface area contributed by atoms with E-state index in [4.69, 9.17) is 4.74 Å². The van der Waals surface area contributed by atoms with E-state index in [0.29, 0.717) is 19.4 Å². The molecular formula is C20H22FNO2. The fraction of sp³-hybridized carbons (Fsp3) is 0.350. The number of carbonyl (C=O) groups excluding carboxylic acids is 1. The number of ether oxygens (including phenoxy) is 1. The van der Waals surface area contributed by atoms with Gasteiger partial charge in [-0.2, -0.15) is 0 Å². The second-order valence-electron chi connectivity index (χ2n) is 6.57. The number of amides is 1. The van der Waals surface area contributed by atoms with Gasteiger partial charge in [-0.1, -0.05) is 35.9 Å². The van der Waals surface area contributed by atoms with Crippen LogP contribution in [-0.2, 0) is 21.7 Å². The van der Waals surface area contributed by atoms with Gasteiger partial charge < -0.3 is 9.64 Å². The Morgan fingerprint density at radius 3 is 2.58 bits per heavy atom. The van der Waals surface area contributed by atoms with E-state index in [0.717, 1.165) is 16.7 Å². The number of hydrogen-bond acceptors (Lipinski definition) is 2. The molecule has 1 amide bonds. The van der Waals surface area contributed by atoms with Crippen molar-refractivity contribution < 1.29 is 13.9 Å². The number of benzene rings is 2. The Morgan fingerprint density at radius 2 is 1.92 bits per heavy atom. The van der Waals surface area contributed by atoms with Gasteiger partial charge in [0, 0.05) is 20.5 Å². The Balaban J connectivity index is 2.03. The molecule has 0 aromatic heterocycles. The first kappa shape index (κ1) is 16.7. The Bertz CT molecular complexity index is 755. The predicted molar refractivity (Wildman–Crippen MR) is 91.1 cm³/mol. The quantitative estimate of drug-likeness (QED) is 0.855. The zero-order valence-corrected chi connectivity index (χ0v) is 14.3. The summed E-state index contributed by atoms with van der Waals surface area (Å²) < 4.78 is 19.6. The molecule has 4 heteroatoms. The van der Waals surface area contributed by atoms with Crippen LogP contribution in [0.3, 0.4) is 0 Å². The number of hydrogen-bond donors (Lipinski definition) is 0. The molecule has 3 nitrogen and oxygen atoms in total. The second kappa shape index (κ2) is 6.36. The fourth-order valence-electron chi connectivity index (χ4n) is 3.33. The number of halogens is 1. The molecule has 0 bridgehead atoms. The molecule has 2 aromatic carbocycles. The summed E-state index contributed by atoms with van der Waals surface area (Å²) in [6.45, 7) is 2.55. The number of rotatable bonds is 4. The van der Waals surface area contributed by atoms with Crippen LogP contribution in [0.2, 0.25) is 0 Å². The molecule has 1 aliphatic heterocycles. The van der Waals surface area contributed by atoms with Crippen LogP contribution in [0, 0.1) is 12.7 Å². The molecule has 0 radical (unpaired) electrons. The van der Waals surface area contributed by atoms with E-state index in [1.54, 1.807) is 31.1 Å². The minimum atomic E-state index is -0.692. The van der Waals surface area contributed by atoms with Crippen molar-refractivity contribution in [1.82, 2.24) is 4.90 Å². The van der Waals surface area contributed by atoms with Crippen molar-refractivity contribution >= 4 is 5.91 Å². The first-order valence-electron chi connectivity index (χ1n) is 8.12. The number of nitrogens with zero attached hydrogens (tertiary/aromatic N) is 1. The van der Waals surface area contributed by atoms with Crippen molar-refractivity contribution in [3.05, 3.63) is 70.5 Å². The SMILES string of the molecule is Cc1ccc2c(c1)COC2(CCC(=O)N(C)C)c1ccc(F)cc1. The van der Waals surface area contributed by atoms with E-state index in [-0.39, 0.29) is 11.7 Å². The average Bonchev–Trinajstić information content (AvgIpc) is 2.92. The molecule has 1 unspecified atom stereocenters. The Morgan fingerprint density at radius 1 is 1.21 bits per heavy atom. The lowest BCUT2D eigenvalue weighted by Crippen LogP contribution is -2.30. The van der Waals surface area contributed by atoms with Crippen molar-refractivity contribution in [3.63, 3.8) is 0 Å². The highest BCUT2D eigenvalue weighted by Crippen LogP contribution is 2.45. The van der Waals surface area contributed by atoms with Crippen LogP contribution >= 0.6 is 0 Å². The van der Waals surface area contributed by atoms with E-state index in [9.17, 15) is 9.18 Å². The summed E-state index contributed by atoms with van der Waals surface area (Å²) in [5, 5.41) is 0. The third-order valence-corrected chi connectivity index (χ3v) is 4.67. The Kier molecular flexibility index (Phi) is 4.41. The van der Waals surface area contributed by atoms with Crippen molar-refractivity contribution in [1.29, 1.82) is 0 Å². The molecular weight excluding hydrogens is 305 g/mol. The van der Waals surface area contributed by atoms with Crippen LogP contribution in [0.15, 0.2) is 42.5 Å². The maximum Gasteiger partial charge on any atom is 0.222 e. The predicted octanol–water partition coefficient (Wildman–Crippen LogP) is 3.78. The van der Waals surface area contributed by atoms with Crippen LogP contribution in [0.4, 0.5) is 4.39 Å². The van der Waals surface area contributed by atoms with Gasteiger partial charge in [-0.15, -0.1) is 0 Å². The van der Waals surface area contributed by atoms with Crippen LogP contribution in [0.1, 0.15) is 35.1 Å². The van der Waals surface area contributed by atoms with E-state index in [1.165, 1.54) is 17.7 Å². The van der Waals surface area contributed by atoms with Crippen molar-refractivity contribution in [2.75, 3.05) is 14.1 Å². The zero-order valence-electron chi connectivity index (χ0n) is 14.3. The molecule has 24 heavy (non-hydrogen) atoms. The summed E-state index contributed by atoms with van der Waals surface area (Å²) in [4.78, 5) is 13.7. The molecule has 1 atom stereocenters. The molecule has 1 heterocycles. The summed E-state index contributed by atoms with van der Waals surface area (Å²) in [5.41, 5.74) is 3.58. The number of fused-ring (bicyclic) bond motifs is 1. The minimum Gasteiger partial charge on any atom is -0.361 e. The summed E-state index contributed by atoms with van der Waals surface area (Å²) >= 11 is 0. The topological polar surface area (TPSA) is 29.5 Å². The van der Waals surface area contributed by atoms with Crippen molar-refractivity contribution in [2.24, 2.45) is 0 Å². The largest absolute Gasteiger partial charge is 0.361 e. The van der Waals surface area contributed by atoms with Gasteiger partial charge in [0.2, 0.25) is 5.91 Å². The summed E-state index contributed by atoms with van der Waals surface area (Å²) in [6.07, 6.45) is 0.906. The van der Waals surface area contributed by atoms with Crippen LogP contribution < -0.4 is 0 Å². The van der Waals surface area contributed by atoms with E-state index in [1.807, 2.05) is 6.92 Å². The van der Waals surface area contributed by atoms with E-state index >= 15 is 0 Å². The zero-order chi connectivity index (χ0) is 17.3. The standard InChI is InChI=1S/C20H22FNO2/c1-14-4-9-18-15(12-14)13-24-20(18,11-10-19(23)22(2)3)16-5-7-17(21)8-6-16/h4-9,12H,10-11,13H2,1-3H3. The molecule has 1 aliphatic rings. The first-order chi connectivity index (χ1) is 11.4. The van der Waals surface area contributed by atoms with Gasteiger partial charge in [0.05, 0.1) is 6.61 Å². The van der Waals surface area contributed by atoms with Gasteiger partial charge in [0.25, 0.3) is 0 Å². The van der Waals surface area contributed by atoms with Crippen molar-refractivity contribution in [2.45, 2.75) is 32.0 Å². The van der Waals surface area contributed by atoms with Gasteiger partial charge in [-0.3, -0.25) is 4.79 Å². The molecule has 0 aliphatic carbocycles. The molecule has 0 spiro atoms. The lowest BCUT2D eigenvalue weighted by molar-refractivity contribution is -0.130. The number of carbonyl (C=O) groups is 1. The highest BCUT2D eigenvalue weighted by molar-refractivity contribution is 5.75. The number of aryl methyl sites for hydroxylation is 1. The van der Waals surface area contributed by atoms with Gasteiger partial charge in [0.15, 0.2) is 0 Å². The fourth-order valence-corrected chi connectivity index (χ4v) is 3.33. The monoisotopic (exact) mass is 327 g/mol. The highest BCUT2D eigenvalue weighted by Gasteiger charge is 2.42. The van der Waals surface area contributed by atoms with Gasteiger partial charge in [-0.05, 0) is 42.2 Å². The average molecular weight is 327 g/mol. The molecule has 0 saturated carbocycles. The summed E-state index contributed by atoms with van der Waals surface area (Å²) in [6, 6.07) is 12.6. The van der Waals surface area contributed by atoms with E-state index < -0.39 is 5.60 Å². The van der Waals surface area contributed by atoms with E-state index in [2.05, 4.69) is 18.2 Å². The van der Waals surface area contributed by atoms with Gasteiger partial charge in [0.1, 0.15) is 11.4 Å². The van der Waals surface area contributed by atoms with Crippen molar-refractivity contribution in [3.8, 4) is 0 Å². The molecule has 0 fully saturated rings. The lowest BCUT2D eigenvalue weighted by atomic mass is 9.81. The molecule has 0 N–H and O–H groups in total. The maximum absolute atomic E-state index is 13.4. The van der Waals surface area contributed by atoms with Crippen LogP contribution in [-0.4, -0.2) is 24.9 Å². The third kappa shape index (κ3) is 2.94. The molecule has 126 valence electrons. The maximum atomic E-state index is 13.4. The second-order valence-corrected chi connectivity index (χ2v) is 6.57. The van der Waals surface area contributed by atoms with Crippen LogP contribution in [0.25, 0.3) is 0 Å². The van der Waals surface area contributed by atoms with Gasteiger partial charge in [-0.25, -0.2) is 4.39 Å². The highest BCUT2D eigenvalue weighted by atomic mass is 19.1. The molecule has 0 saturated heterocycles. The normalized spacial score (nSPS) is 19.2. The summed E-state index contributed by atoms with van der Waals surface area (Å²) in [7, 11) is 3.50. The Labute approximate surface area is 142 Å². The van der Waals surface area contributed by atoms with Gasteiger partial charge >= 0.3 is 0 Å². The van der Waals surface area contributed by atoms with Crippen LogP contribution in [0.5, 0.6) is 0 Å². The minimum absolute atomic E-state index is 0.0562. The Hall–Kier alpha value is -2.20. The molecule has 3 rings (SSSR count). The smallest absolute Gasteiger partial charge is 0.222 e.